The molecular formula is C19H17F3O4. The van der Waals surface area contributed by atoms with Gasteiger partial charge in [0.15, 0.2) is 5.78 Å². The fourth-order valence-electron chi connectivity index (χ4n) is 2.43. The summed E-state index contributed by atoms with van der Waals surface area (Å²) in [5.41, 5.74) is -1.83. The standard InChI is InChI=1S/C19H17F3O4/c1-3-25-18(24)16-14(12(2)23)9-10-15(17(16)19(20,21)22)26-11-13-7-5-4-6-8-13/h4-10H,3,11H2,1-2H3. The van der Waals surface area contributed by atoms with Crippen molar-refractivity contribution < 1.29 is 32.2 Å². The molecule has 138 valence electrons. The van der Waals surface area contributed by atoms with Gasteiger partial charge in [-0.05, 0) is 31.5 Å². The van der Waals surface area contributed by atoms with Crippen LogP contribution in [0.3, 0.4) is 0 Å². The summed E-state index contributed by atoms with van der Waals surface area (Å²) in [6.07, 6.45) is -4.90. The van der Waals surface area contributed by atoms with Crippen molar-refractivity contribution in [2.45, 2.75) is 26.6 Å². The van der Waals surface area contributed by atoms with Crippen molar-refractivity contribution >= 4 is 11.8 Å². The number of hydrogen-bond donors (Lipinski definition) is 0. The Kier molecular flexibility index (Phi) is 6.02. The number of benzene rings is 2. The number of alkyl halides is 3. The van der Waals surface area contributed by atoms with E-state index in [0.29, 0.717) is 5.56 Å². The maximum Gasteiger partial charge on any atom is 0.420 e. The van der Waals surface area contributed by atoms with Crippen LogP contribution < -0.4 is 4.74 Å². The zero-order chi connectivity index (χ0) is 19.3. The van der Waals surface area contributed by atoms with Gasteiger partial charge in [-0.15, -0.1) is 0 Å². The molecule has 26 heavy (non-hydrogen) atoms. The molecule has 2 aromatic carbocycles. The third-order valence-electron chi connectivity index (χ3n) is 3.55. The highest BCUT2D eigenvalue weighted by atomic mass is 19.4. The second kappa shape index (κ2) is 8.03. The number of esters is 1. The number of ether oxygens (including phenoxy) is 2. The predicted molar refractivity (Wildman–Crippen MR) is 88.2 cm³/mol. The summed E-state index contributed by atoms with van der Waals surface area (Å²) < 4.78 is 51.1. The van der Waals surface area contributed by atoms with Gasteiger partial charge in [-0.1, -0.05) is 30.3 Å². The third kappa shape index (κ3) is 4.41. The molecule has 4 nitrogen and oxygen atoms in total. The molecule has 0 aliphatic carbocycles. The summed E-state index contributed by atoms with van der Waals surface area (Å²) in [6, 6.07) is 10.8. The second-order valence-electron chi connectivity index (χ2n) is 5.41. The number of rotatable bonds is 6. The number of ketones is 1. The zero-order valence-electron chi connectivity index (χ0n) is 14.2. The Labute approximate surface area is 148 Å². The molecule has 0 radical (unpaired) electrons. The summed E-state index contributed by atoms with van der Waals surface area (Å²) in [5.74, 6) is -2.42. The monoisotopic (exact) mass is 366 g/mol. The highest BCUT2D eigenvalue weighted by Gasteiger charge is 2.41. The van der Waals surface area contributed by atoms with Crippen LogP contribution >= 0.6 is 0 Å². The highest BCUT2D eigenvalue weighted by Crippen LogP contribution is 2.41. The molecule has 0 aliphatic rings. The van der Waals surface area contributed by atoms with Crippen molar-refractivity contribution in [2.24, 2.45) is 0 Å². The highest BCUT2D eigenvalue weighted by molar-refractivity contribution is 6.07. The van der Waals surface area contributed by atoms with Crippen LogP contribution in [0.5, 0.6) is 5.75 Å². The summed E-state index contributed by atoms with van der Waals surface area (Å²) in [7, 11) is 0. The van der Waals surface area contributed by atoms with Crippen LogP contribution in [0.1, 0.15) is 45.7 Å². The molecule has 0 aromatic heterocycles. The Morgan fingerprint density at radius 2 is 1.69 bits per heavy atom. The SMILES string of the molecule is CCOC(=O)c1c(C(C)=O)ccc(OCc2ccccc2)c1C(F)(F)F. The van der Waals surface area contributed by atoms with E-state index in [9.17, 15) is 22.8 Å². The molecule has 0 spiro atoms. The van der Waals surface area contributed by atoms with Crippen LogP contribution in [0.25, 0.3) is 0 Å². The molecule has 7 heteroatoms. The Morgan fingerprint density at radius 3 is 2.23 bits per heavy atom. The Morgan fingerprint density at radius 1 is 1.04 bits per heavy atom. The maximum absolute atomic E-state index is 13.7. The maximum atomic E-state index is 13.7. The summed E-state index contributed by atoms with van der Waals surface area (Å²) >= 11 is 0. The van der Waals surface area contributed by atoms with Gasteiger partial charge in [-0.3, -0.25) is 4.79 Å². The van der Waals surface area contributed by atoms with Gasteiger partial charge < -0.3 is 9.47 Å². The van der Waals surface area contributed by atoms with Crippen molar-refractivity contribution in [3.63, 3.8) is 0 Å². The first kappa shape index (κ1) is 19.5. The minimum Gasteiger partial charge on any atom is -0.488 e. The molecule has 0 bridgehead atoms. The Hall–Kier alpha value is -2.83. The number of halogens is 3. The first-order valence-corrected chi connectivity index (χ1v) is 7.84. The van der Waals surface area contributed by atoms with E-state index in [4.69, 9.17) is 9.47 Å². The number of hydrogen-bond acceptors (Lipinski definition) is 4. The minimum absolute atomic E-state index is 0.119. The number of Topliss-reactive ketones (excluding diaryl/α,β-unsaturated/α-hetero) is 1. The second-order valence-corrected chi connectivity index (χ2v) is 5.41. The molecule has 0 fully saturated rings. The van der Waals surface area contributed by atoms with E-state index in [-0.39, 0.29) is 18.8 Å². The molecule has 0 aliphatic heterocycles. The van der Waals surface area contributed by atoms with Crippen molar-refractivity contribution in [3.05, 3.63) is 64.7 Å². The lowest BCUT2D eigenvalue weighted by atomic mass is 9.97. The quantitative estimate of drug-likeness (QED) is 0.551. The Balaban J connectivity index is 2.55. The Bertz CT molecular complexity index is 798. The van der Waals surface area contributed by atoms with E-state index in [1.54, 1.807) is 30.3 Å². The van der Waals surface area contributed by atoms with Crippen molar-refractivity contribution in [1.29, 1.82) is 0 Å². The summed E-state index contributed by atoms with van der Waals surface area (Å²) in [6.45, 7) is 2.31. The average Bonchev–Trinajstić information content (AvgIpc) is 2.59. The van der Waals surface area contributed by atoms with Crippen molar-refractivity contribution in [1.82, 2.24) is 0 Å². The topological polar surface area (TPSA) is 52.6 Å². The lowest BCUT2D eigenvalue weighted by molar-refractivity contribution is -0.139. The molecular weight excluding hydrogens is 349 g/mol. The van der Waals surface area contributed by atoms with Crippen molar-refractivity contribution in [3.8, 4) is 5.75 Å². The smallest absolute Gasteiger partial charge is 0.420 e. The van der Waals surface area contributed by atoms with Crippen LogP contribution in [0, 0.1) is 0 Å². The largest absolute Gasteiger partial charge is 0.488 e. The molecule has 0 amide bonds. The molecule has 0 heterocycles. The first-order valence-electron chi connectivity index (χ1n) is 7.84. The fourth-order valence-corrected chi connectivity index (χ4v) is 2.43. The lowest BCUT2D eigenvalue weighted by Gasteiger charge is -2.19. The average molecular weight is 366 g/mol. The van der Waals surface area contributed by atoms with Gasteiger partial charge in [0.2, 0.25) is 0 Å². The first-order chi connectivity index (χ1) is 12.3. The van der Waals surface area contributed by atoms with Gasteiger partial charge in [0, 0.05) is 5.56 Å². The van der Waals surface area contributed by atoms with Gasteiger partial charge in [0.1, 0.15) is 17.9 Å². The van der Waals surface area contributed by atoms with Gasteiger partial charge in [0.05, 0.1) is 12.2 Å². The summed E-state index contributed by atoms with van der Waals surface area (Å²) in [5, 5.41) is 0. The van der Waals surface area contributed by atoms with Gasteiger partial charge in [-0.2, -0.15) is 13.2 Å². The van der Waals surface area contributed by atoms with Gasteiger partial charge in [0.25, 0.3) is 0 Å². The zero-order valence-corrected chi connectivity index (χ0v) is 14.2. The fraction of sp³-hybridized carbons (Fsp3) is 0.263. The molecule has 0 saturated carbocycles. The number of carbonyl (C=O) groups excluding carboxylic acids is 2. The van der Waals surface area contributed by atoms with E-state index in [2.05, 4.69) is 0 Å². The van der Waals surface area contributed by atoms with Crippen LogP contribution in [-0.4, -0.2) is 18.4 Å². The minimum atomic E-state index is -4.90. The molecule has 0 atom stereocenters. The summed E-state index contributed by atoms with van der Waals surface area (Å²) in [4.78, 5) is 23.9. The van der Waals surface area contributed by atoms with E-state index in [1.165, 1.54) is 6.92 Å². The van der Waals surface area contributed by atoms with Crippen molar-refractivity contribution in [2.75, 3.05) is 6.61 Å². The van der Waals surface area contributed by atoms with Crippen LogP contribution in [0.2, 0.25) is 0 Å². The van der Waals surface area contributed by atoms with Crippen LogP contribution in [-0.2, 0) is 17.5 Å². The molecule has 2 aromatic rings. The van der Waals surface area contributed by atoms with Crippen LogP contribution in [0.15, 0.2) is 42.5 Å². The van der Waals surface area contributed by atoms with E-state index < -0.39 is 34.8 Å². The van der Waals surface area contributed by atoms with Gasteiger partial charge in [-0.25, -0.2) is 4.79 Å². The van der Waals surface area contributed by atoms with E-state index in [0.717, 1.165) is 19.1 Å². The van der Waals surface area contributed by atoms with Gasteiger partial charge >= 0.3 is 12.1 Å². The third-order valence-corrected chi connectivity index (χ3v) is 3.55. The predicted octanol–water partition coefficient (Wildman–Crippen LogP) is 4.66. The lowest BCUT2D eigenvalue weighted by Crippen LogP contribution is -2.20. The van der Waals surface area contributed by atoms with E-state index in [1.807, 2.05) is 0 Å². The number of carbonyl (C=O) groups is 2. The molecule has 2 rings (SSSR count). The van der Waals surface area contributed by atoms with Crippen LogP contribution in [0.4, 0.5) is 13.2 Å². The van der Waals surface area contributed by atoms with E-state index >= 15 is 0 Å². The molecule has 0 unspecified atom stereocenters. The molecule has 0 N–H and O–H groups in total. The normalized spacial score (nSPS) is 11.1. The molecule has 0 saturated heterocycles.